The lowest BCUT2D eigenvalue weighted by Gasteiger charge is -2.20. The van der Waals surface area contributed by atoms with Gasteiger partial charge in [-0.1, -0.05) is 12.1 Å². The summed E-state index contributed by atoms with van der Waals surface area (Å²) in [6, 6.07) is 6.59. The monoisotopic (exact) mass is 430 g/mol. The molecule has 1 saturated heterocycles. The lowest BCUT2D eigenvalue weighted by molar-refractivity contribution is -0.137. The molecule has 0 aliphatic carbocycles. The molecule has 2 atom stereocenters. The SMILES string of the molecule is C[C@H]1[C@@H](c2cccc(C(F)(F)F)c2)OC(=O)N1C(=O)NCc1cncc2cccnc12. The Balaban J connectivity index is 1.50. The van der Waals surface area contributed by atoms with Crippen LogP contribution in [0.1, 0.15) is 29.7 Å². The summed E-state index contributed by atoms with van der Waals surface area (Å²) in [7, 11) is 0. The van der Waals surface area contributed by atoms with E-state index in [2.05, 4.69) is 15.3 Å². The maximum Gasteiger partial charge on any atom is 0.419 e. The van der Waals surface area contributed by atoms with Crippen molar-refractivity contribution in [2.75, 3.05) is 0 Å². The second-order valence-electron chi connectivity index (χ2n) is 7.07. The molecule has 1 fully saturated rings. The third-order valence-electron chi connectivity index (χ3n) is 5.05. The van der Waals surface area contributed by atoms with Crippen molar-refractivity contribution in [3.8, 4) is 0 Å². The summed E-state index contributed by atoms with van der Waals surface area (Å²) >= 11 is 0. The number of urea groups is 1. The van der Waals surface area contributed by atoms with Gasteiger partial charge >= 0.3 is 18.3 Å². The number of hydrogen-bond donors (Lipinski definition) is 1. The highest BCUT2D eigenvalue weighted by atomic mass is 19.4. The van der Waals surface area contributed by atoms with Gasteiger partial charge in [0.05, 0.1) is 17.1 Å². The number of benzene rings is 1. The molecule has 31 heavy (non-hydrogen) atoms. The molecule has 0 saturated carbocycles. The van der Waals surface area contributed by atoms with E-state index in [0.29, 0.717) is 11.1 Å². The van der Waals surface area contributed by atoms with Crippen LogP contribution in [0.5, 0.6) is 0 Å². The van der Waals surface area contributed by atoms with Crippen LogP contribution in [-0.2, 0) is 17.5 Å². The first-order valence-electron chi connectivity index (χ1n) is 9.38. The van der Waals surface area contributed by atoms with E-state index in [1.165, 1.54) is 19.1 Å². The Kier molecular flexibility index (Phi) is 5.22. The predicted molar refractivity (Wildman–Crippen MR) is 104 cm³/mol. The molecule has 0 radical (unpaired) electrons. The van der Waals surface area contributed by atoms with Crippen LogP contribution in [0.25, 0.3) is 10.9 Å². The third-order valence-corrected chi connectivity index (χ3v) is 5.05. The molecule has 1 N–H and O–H groups in total. The topological polar surface area (TPSA) is 84.4 Å². The molecule has 160 valence electrons. The highest BCUT2D eigenvalue weighted by molar-refractivity contribution is 5.93. The summed E-state index contributed by atoms with van der Waals surface area (Å²) in [6.07, 6.45) is -1.64. The number of rotatable bonds is 3. The third kappa shape index (κ3) is 4.00. The molecule has 0 spiro atoms. The van der Waals surface area contributed by atoms with Crippen molar-refractivity contribution in [1.82, 2.24) is 20.2 Å². The number of nitrogens with zero attached hydrogens (tertiary/aromatic N) is 3. The van der Waals surface area contributed by atoms with Crippen LogP contribution in [0.3, 0.4) is 0 Å². The van der Waals surface area contributed by atoms with Gasteiger partial charge in [-0.25, -0.2) is 14.5 Å². The van der Waals surface area contributed by atoms with Gasteiger partial charge in [0.2, 0.25) is 0 Å². The minimum absolute atomic E-state index is 0.0604. The number of cyclic esters (lactones) is 1. The molecular formula is C21H17F3N4O3. The highest BCUT2D eigenvalue weighted by Gasteiger charge is 2.44. The second-order valence-corrected chi connectivity index (χ2v) is 7.07. The number of carbonyl (C=O) groups excluding carboxylic acids is 2. The minimum atomic E-state index is -4.53. The zero-order valence-corrected chi connectivity index (χ0v) is 16.3. The molecule has 1 aliphatic heterocycles. The number of pyridine rings is 2. The minimum Gasteiger partial charge on any atom is -0.439 e. The van der Waals surface area contributed by atoms with Crippen LogP contribution in [0, 0.1) is 0 Å². The lowest BCUT2D eigenvalue weighted by atomic mass is 10.0. The van der Waals surface area contributed by atoms with E-state index in [-0.39, 0.29) is 12.1 Å². The fourth-order valence-corrected chi connectivity index (χ4v) is 3.52. The standard InChI is InChI=1S/C21H17F3N4O3/c1-12-18(13-4-2-6-16(8-13)21(22,23)24)31-20(30)28(12)19(29)27-11-15-10-25-9-14-5-3-7-26-17(14)15/h2-10,12,18H,11H2,1H3,(H,27,29)/t12-,18-/m0/s1. The average molecular weight is 430 g/mol. The molecule has 2 aromatic heterocycles. The smallest absolute Gasteiger partial charge is 0.419 e. The van der Waals surface area contributed by atoms with Crippen molar-refractivity contribution in [1.29, 1.82) is 0 Å². The van der Waals surface area contributed by atoms with Crippen LogP contribution in [-0.4, -0.2) is 33.0 Å². The first-order valence-corrected chi connectivity index (χ1v) is 9.38. The fraction of sp³-hybridized carbons (Fsp3) is 0.238. The van der Waals surface area contributed by atoms with Gasteiger partial charge < -0.3 is 10.1 Å². The van der Waals surface area contributed by atoms with E-state index in [1.54, 1.807) is 24.7 Å². The molecule has 0 bridgehead atoms. The van der Waals surface area contributed by atoms with E-state index < -0.39 is 36.0 Å². The van der Waals surface area contributed by atoms with Gasteiger partial charge in [0.15, 0.2) is 0 Å². The summed E-state index contributed by atoms with van der Waals surface area (Å²) in [4.78, 5) is 34.2. The largest absolute Gasteiger partial charge is 0.439 e. The van der Waals surface area contributed by atoms with Gasteiger partial charge in [-0.3, -0.25) is 9.97 Å². The van der Waals surface area contributed by atoms with E-state index in [1.807, 2.05) is 6.07 Å². The molecule has 0 unspecified atom stereocenters. The lowest BCUT2D eigenvalue weighted by Crippen LogP contribution is -2.44. The van der Waals surface area contributed by atoms with Crippen LogP contribution < -0.4 is 5.32 Å². The van der Waals surface area contributed by atoms with Gasteiger partial charge in [0.1, 0.15) is 6.10 Å². The molecule has 4 rings (SSSR count). The quantitative estimate of drug-likeness (QED) is 0.664. The van der Waals surface area contributed by atoms with Crippen LogP contribution in [0.2, 0.25) is 0 Å². The van der Waals surface area contributed by atoms with E-state index in [0.717, 1.165) is 22.4 Å². The molecule has 3 amide bonds. The summed E-state index contributed by atoms with van der Waals surface area (Å²) in [5.74, 6) is 0. The van der Waals surface area contributed by atoms with Gasteiger partial charge in [0.25, 0.3) is 0 Å². The predicted octanol–water partition coefficient (Wildman–Crippen LogP) is 4.44. The van der Waals surface area contributed by atoms with Gasteiger partial charge in [-0.15, -0.1) is 0 Å². The second kappa shape index (κ2) is 7.86. The number of imide groups is 1. The maximum absolute atomic E-state index is 13.0. The molecule has 1 aromatic carbocycles. The number of nitrogens with one attached hydrogen (secondary N) is 1. The van der Waals surface area contributed by atoms with Crippen molar-refractivity contribution < 1.29 is 27.5 Å². The first-order chi connectivity index (χ1) is 14.8. The number of ether oxygens (including phenoxy) is 1. The fourth-order valence-electron chi connectivity index (χ4n) is 3.52. The molecule has 3 aromatic rings. The van der Waals surface area contributed by atoms with Gasteiger partial charge in [0, 0.05) is 36.1 Å². The van der Waals surface area contributed by atoms with Crippen molar-refractivity contribution in [3.63, 3.8) is 0 Å². The Morgan fingerprint density at radius 2 is 2.03 bits per heavy atom. The highest BCUT2D eigenvalue weighted by Crippen LogP contribution is 2.36. The summed E-state index contributed by atoms with van der Waals surface area (Å²) in [6.45, 7) is 1.60. The number of carbonyl (C=O) groups is 2. The van der Waals surface area contributed by atoms with E-state index in [4.69, 9.17) is 4.74 Å². The average Bonchev–Trinajstić information content (AvgIpc) is 3.05. The van der Waals surface area contributed by atoms with E-state index in [9.17, 15) is 22.8 Å². The number of fused-ring (bicyclic) bond motifs is 1. The molecule has 10 heteroatoms. The Morgan fingerprint density at radius 1 is 1.23 bits per heavy atom. The van der Waals surface area contributed by atoms with E-state index >= 15 is 0 Å². The zero-order chi connectivity index (χ0) is 22.2. The summed E-state index contributed by atoms with van der Waals surface area (Å²) in [5, 5.41) is 3.43. The summed E-state index contributed by atoms with van der Waals surface area (Å²) < 4.78 is 44.3. The maximum atomic E-state index is 13.0. The summed E-state index contributed by atoms with van der Waals surface area (Å²) in [5.41, 5.74) is 0.623. The zero-order valence-electron chi connectivity index (χ0n) is 16.3. The molecule has 7 nitrogen and oxygen atoms in total. The number of aromatic nitrogens is 2. The first kappa shape index (κ1) is 20.6. The van der Waals surface area contributed by atoms with Gasteiger partial charge in [-0.2, -0.15) is 13.2 Å². The number of alkyl halides is 3. The van der Waals surface area contributed by atoms with Crippen molar-refractivity contribution >= 4 is 23.0 Å². The van der Waals surface area contributed by atoms with Crippen molar-refractivity contribution in [2.45, 2.75) is 31.8 Å². The molecular weight excluding hydrogens is 413 g/mol. The van der Waals surface area contributed by atoms with Crippen LogP contribution >= 0.6 is 0 Å². The Bertz CT molecular complexity index is 1150. The van der Waals surface area contributed by atoms with Crippen LogP contribution in [0.15, 0.2) is 55.0 Å². The number of hydrogen-bond acceptors (Lipinski definition) is 5. The molecule has 1 aliphatic rings. The molecule has 3 heterocycles. The Morgan fingerprint density at radius 3 is 2.81 bits per heavy atom. The van der Waals surface area contributed by atoms with Crippen molar-refractivity contribution in [2.24, 2.45) is 0 Å². The van der Waals surface area contributed by atoms with Crippen molar-refractivity contribution in [3.05, 3.63) is 71.7 Å². The Hall–Kier alpha value is -3.69. The normalized spacial score (nSPS) is 18.8. The number of halogens is 3. The van der Waals surface area contributed by atoms with Crippen LogP contribution in [0.4, 0.5) is 22.8 Å². The number of amides is 3. The van der Waals surface area contributed by atoms with Gasteiger partial charge in [-0.05, 0) is 36.8 Å². The Labute approximate surface area is 174 Å².